The number of ether oxygens (including phenoxy) is 2. The molecule has 2 N–H and O–H groups in total. The van der Waals surface area contributed by atoms with E-state index in [4.69, 9.17) is 9.47 Å². The van der Waals surface area contributed by atoms with E-state index >= 15 is 0 Å². The van der Waals surface area contributed by atoms with Gasteiger partial charge in [0.1, 0.15) is 0 Å². The minimum Gasteiger partial charge on any atom is -0.389 e. The lowest BCUT2D eigenvalue weighted by atomic mass is 10.2. The Morgan fingerprint density at radius 2 is 1.93 bits per heavy atom. The van der Waals surface area contributed by atoms with E-state index in [2.05, 4.69) is 5.32 Å². The molecular formula is C11H25NO3. The summed E-state index contributed by atoms with van der Waals surface area (Å²) in [5.74, 6) is 0. The van der Waals surface area contributed by atoms with Gasteiger partial charge in [-0.3, -0.25) is 0 Å². The average Bonchev–Trinajstić information content (AvgIpc) is 2.12. The van der Waals surface area contributed by atoms with Crippen LogP contribution in [0, 0.1) is 0 Å². The molecule has 0 saturated carbocycles. The summed E-state index contributed by atoms with van der Waals surface area (Å²) < 4.78 is 10.7. The molecule has 0 aromatic carbocycles. The summed E-state index contributed by atoms with van der Waals surface area (Å²) in [6.07, 6.45) is -0.431. The van der Waals surface area contributed by atoms with Crippen LogP contribution in [0.25, 0.3) is 0 Å². The van der Waals surface area contributed by atoms with Crippen molar-refractivity contribution in [2.45, 2.75) is 39.4 Å². The molecule has 0 fully saturated rings. The maximum Gasteiger partial charge on any atom is 0.0897 e. The van der Waals surface area contributed by atoms with E-state index in [0.29, 0.717) is 26.4 Å². The van der Waals surface area contributed by atoms with Gasteiger partial charge >= 0.3 is 0 Å². The summed E-state index contributed by atoms with van der Waals surface area (Å²) in [4.78, 5) is 0. The SMILES string of the molecule is CCNCC(O)COCCOC(C)(C)C. The Hall–Kier alpha value is -0.160. The number of hydrogen-bond donors (Lipinski definition) is 2. The van der Waals surface area contributed by atoms with Crippen LogP contribution in [0.2, 0.25) is 0 Å². The van der Waals surface area contributed by atoms with Gasteiger partial charge in [0.15, 0.2) is 0 Å². The molecular weight excluding hydrogens is 194 g/mol. The molecule has 0 aliphatic rings. The number of aliphatic hydroxyl groups is 1. The first-order valence-corrected chi connectivity index (χ1v) is 5.56. The highest BCUT2D eigenvalue weighted by molar-refractivity contribution is 4.59. The van der Waals surface area contributed by atoms with Gasteiger partial charge in [-0.25, -0.2) is 0 Å². The molecule has 1 unspecified atom stereocenters. The van der Waals surface area contributed by atoms with Gasteiger partial charge in [-0.15, -0.1) is 0 Å². The molecule has 15 heavy (non-hydrogen) atoms. The van der Waals surface area contributed by atoms with E-state index in [-0.39, 0.29) is 5.60 Å². The summed E-state index contributed by atoms with van der Waals surface area (Å²) >= 11 is 0. The minimum atomic E-state index is -0.431. The first kappa shape index (κ1) is 14.8. The van der Waals surface area contributed by atoms with E-state index in [1.165, 1.54) is 0 Å². The molecule has 0 radical (unpaired) electrons. The number of aliphatic hydroxyl groups excluding tert-OH is 1. The van der Waals surface area contributed by atoms with Crippen LogP contribution in [0.1, 0.15) is 27.7 Å². The Bertz CT molecular complexity index is 145. The smallest absolute Gasteiger partial charge is 0.0897 e. The van der Waals surface area contributed by atoms with Gasteiger partial charge in [0.2, 0.25) is 0 Å². The number of nitrogens with one attached hydrogen (secondary N) is 1. The Balaban J connectivity index is 3.23. The Kier molecular flexibility index (Phi) is 7.96. The molecule has 0 amide bonds. The fraction of sp³-hybridized carbons (Fsp3) is 1.00. The van der Waals surface area contributed by atoms with Crippen LogP contribution in [0.4, 0.5) is 0 Å². The van der Waals surface area contributed by atoms with Crippen molar-refractivity contribution in [2.75, 3.05) is 32.9 Å². The molecule has 92 valence electrons. The average molecular weight is 219 g/mol. The maximum atomic E-state index is 9.41. The van der Waals surface area contributed by atoms with Gasteiger partial charge < -0.3 is 19.9 Å². The van der Waals surface area contributed by atoms with Crippen LogP contribution >= 0.6 is 0 Å². The molecule has 4 nitrogen and oxygen atoms in total. The lowest BCUT2D eigenvalue weighted by Gasteiger charge is -2.19. The lowest BCUT2D eigenvalue weighted by Crippen LogP contribution is -2.31. The normalized spacial score (nSPS) is 14.2. The minimum absolute atomic E-state index is 0.119. The first-order chi connectivity index (χ1) is 6.95. The summed E-state index contributed by atoms with van der Waals surface area (Å²) in [7, 11) is 0. The predicted octanol–water partition coefficient (Wildman–Crippen LogP) is 0.788. The van der Waals surface area contributed by atoms with Crippen LogP contribution in [0.5, 0.6) is 0 Å². The fourth-order valence-corrected chi connectivity index (χ4v) is 0.996. The monoisotopic (exact) mass is 219 g/mol. The van der Waals surface area contributed by atoms with Gasteiger partial charge in [-0.2, -0.15) is 0 Å². The zero-order chi connectivity index (χ0) is 11.7. The number of rotatable bonds is 8. The van der Waals surface area contributed by atoms with Crippen molar-refractivity contribution in [3.05, 3.63) is 0 Å². The third-order valence-corrected chi connectivity index (χ3v) is 1.70. The molecule has 0 spiro atoms. The van der Waals surface area contributed by atoms with Gasteiger partial charge in [0.25, 0.3) is 0 Å². The van der Waals surface area contributed by atoms with Crippen LogP contribution in [0.15, 0.2) is 0 Å². The fourth-order valence-electron chi connectivity index (χ4n) is 0.996. The Morgan fingerprint density at radius 3 is 2.47 bits per heavy atom. The maximum absolute atomic E-state index is 9.41. The second kappa shape index (κ2) is 8.05. The highest BCUT2D eigenvalue weighted by Gasteiger charge is 2.09. The van der Waals surface area contributed by atoms with Gasteiger partial charge in [-0.1, -0.05) is 6.92 Å². The zero-order valence-corrected chi connectivity index (χ0v) is 10.4. The third kappa shape index (κ3) is 11.8. The van der Waals surface area contributed by atoms with Crippen LogP contribution in [-0.4, -0.2) is 49.7 Å². The molecule has 4 heteroatoms. The summed E-state index contributed by atoms with van der Waals surface area (Å²) in [6.45, 7) is 10.9. The molecule has 0 saturated heterocycles. The van der Waals surface area contributed by atoms with Crippen LogP contribution < -0.4 is 5.32 Å². The summed E-state index contributed by atoms with van der Waals surface area (Å²) in [5.41, 5.74) is -0.119. The summed E-state index contributed by atoms with van der Waals surface area (Å²) in [6, 6.07) is 0. The van der Waals surface area contributed by atoms with Crippen LogP contribution in [-0.2, 0) is 9.47 Å². The number of hydrogen-bond acceptors (Lipinski definition) is 4. The molecule has 0 bridgehead atoms. The van der Waals surface area contributed by atoms with Gasteiger partial charge in [0.05, 0.1) is 31.5 Å². The zero-order valence-electron chi connectivity index (χ0n) is 10.4. The Morgan fingerprint density at radius 1 is 1.27 bits per heavy atom. The van der Waals surface area contributed by atoms with Gasteiger partial charge in [0, 0.05) is 6.54 Å². The largest absolute Gasteiger partial charge is 0.389 e. The predicted molar refractivity (Wildman–Crippen MR) is 61.1 cm³/mol. The molecule has 1 atom stereocenters. The van der Waals surface area contributed by atoms with Crippen LogP contribution in [0.3, 0.4) is 0 Å². The highest BCUT2D eigenvalue weighted by Crippen LogP contribution is 2.05. The molecule has 0 aliphatic heterocycles. The van der Waals surface area contributed by atoms with E-state index in [9.17, 15) is 5.11 Å². The Labute approximate surface area is 93.0 Å². The van der Waals surface area contributed by atoms with Crippen molar-refractivity contribution in [1.82, 2.24) is 5.32 Å². The lowest BCUT2D eigenvalue weighted by molar-refractivity contribution is -0.0470. The first-order valence-electron chi connectivity index (χ1n) is 5.56. The van der Waals surface area contributed by atoms with Crippen molar-refractivity contribution >= 4 is 0 Å². The van der Waals surface area contributed by atoms with E-state index in [1.54, 1.807) is 0 Å². The highest BCUT2D eigenvalue weighted by atomic mass is 16.5. The van der Waals surface area contributed by atoms with Crippen molar-refractivity contribution < 1.29 is 14.6 Å². The van der Waals surface area contributed by atoms with Crippen molar-refractivity contribution in [2.24, 2.45) is 0 Å². The van der Waals surface area contributed by atoms with E-state index in [1.807, 2.05) is 27.7 Å². The van der Waals surface area contributed by atoms with Crippen molar-refractivity contribution in [3.63, 3.8) is 0 Å². The molecule has 0 rings (SSSR count). The van der Waals surface area contributed by atoms with Crippen molar-refractivity contribution in [1.29, 1.82) is 0 Å². The van der Waals surface area contributed by atoms with Crippen molar-refractivity contribution in [3.8, 4) is 0 Å². The molecule has 0 aromatic heterocycles. The standard InChI is InChI=1S/C11H25NO3/c1-5-12-8-10(13)9-14-6-7-15-11(2,3)4/h10,12-13H,5-9H2,1-4H3. The molecule has 0 heterocycles. The third-order valence-electron chi connectivity index (χ3n) is 1.70. The molecule has 0 aromatic rings. The number of likely N-dealkylation sites (N-methyl/N-ethyl adjacent to an activating group) is 1. The molecule has 0 aliphatic carbocycles. The second-order valence-corrected chi connectivity index (χ2v) is 4.50. The topological polar surface area (TPSA) is 50.7 Å². The second-order valence-electron chi connectivity index (χ2n) is 4.50. The van der Waals surface area contributed by atoms with E-state index < -0.39 is 6.10 Å². The quantitative estimate of drug-likeness (QED) is 0.593. The van der Waals surface area contributed by atoms with Gasteiger partial charge in [-0.05, 0) is 27.3 Å². The van der Waals surface area contributed by atoms with E-state index in [0.717, 1.165) is 6.54 Å². The summed E-state index contributed by atoms with van der Waals surface area (Å²) in [5, 5.41) is 12.5.